The molecule has 0 aliphatic rings. The van der Waals surface area contributed by atoms with Gasteiger partial charge in [0.2, 0.25) is 0 Å². The van der Waals surface area contributed by atoms with Gasteiger partial charge in [-0.05, 0) is 31.0 Å². The van der Waals surface area contributed by atoms with Gasteiger partial charge in [0.25, 0.3) is 0 Å². The van der Waals surface area contributed by atoms with E-state index in [0.717, 1.165) is 29.3 Å². The molecule has 0 bridgehead atoms. The van der Waals surface area contributed by atoms with Crippen LogP contribution in [0.1, 0.15) is 44.7 Å². The van der Waals surface area contributed by atoms with Gasteiger partial charge in [-0.15, -0.1) is 0 Å². The van der Waals surface area contributed by atoms with Crippen molar-refractivity contribution in [1.82, 2.24) is 5.32 Å². The third-order valence-electron chi connectivity index (χ3n) is 3.13. The fraction of sp³-hybridized carbons (Fsp3) is 0.533. The van der Waals surface area contributed by atoms with Gasteiger partial charge in [-0.2, -0.15) is 0 Å². The molecule has 0 aliphatic heterocycles. The molecule has 1 aromatic rings. The lowest BCUT2D eigenvalue weighted by Gasteiger charge is -2.22. The third kappa shape index (κ3) is 5.33. The molecule has 1 unspecified atom stereocenters. The Balaban J connectivity index is 2.69. The van der Waals surface area contributed by atoms with Gasteiger partial charge >= 0.3 is 5.97 Å². The van der Waals surface area contributed by atoms with E-state index in [0.29, 0.717) is 0 Å². The van der Waals surface area contributed by atoms with E-state index in [1.807, 2.05) is 12.1 Å². The van der Waals surface area contributed by atoms with Crippen molar-refractivity contribution in [3.63, 3.8) is 0 Å². The summed E-state index contributed by atoms with van der Waals surface area (Å²) in [5, 5.41) is 3.35. The molecule has 0 aliphatic carbocycles. The number of nitrogens with one attached hydrogen (secondary N) is 1. The van der Waals surface area contributed by atoms with Gasteiger partial charge in [-0.3, -0.25) is 10.1 Å². The van der Waals surface area contributed by atoms with Gasteiger partial charge in [-0.25, -0.2) is 0 Å². The molecule has 1 aromatic carbocycles. The van der Waals surface area contributed by atoms with E-state index in [4.69, 9.17) is 4.74 Å². The van der Waals surface area contributed by atoms with Crippen LogP contribution in [0.15, 0.2) is 28.7 Å². The Morgan fingerprint density at radius 2 is 2.21 bits per heavy atom. The topological polar surface area (TPSA) is 38.3 Å². The number of rotatable bonds is 7. The second-order valence-electron chi connectivity index (χ2n) is 4.66. The van der Waals surface area contributed by atoms with Crippen molar-refractivity contribution < 1.29 is 9.53 Å². The number of unbranched alkanes of at least 4 members (excludes halogenated alkanes) is 1. The Bertz CT molecular complexity index is 409. The average Bonchev–Trinajstić information content (AvgIpc) is 2.42. The molecule has 0 radical (unpaired) electrons. The number of hydrogen-bond acceptors (Lipinski definition) is 3. The molecular weight excluding hydrogens is 306 g/mol. The van der Waals surface area contributed by atoms with E-state index < -0.39 is 0 Å². The van der Waals surface area contributed by atoms with Crippen molar-refractivity contribution >= 4 is 21.9 Å². The highest BCUT2D eigenvalue weighted by molar-refractivity contribution is 9.10. The van der Waals surface area contributed by atoms with Crippen molar-refractivity contribution in [1.29, 1.82) is 0 Å². The molecular formula is C15H22BrNO2. The molecule has 2 atom stereocenters. The summed E-state index contributed by atoms with van der Waals surface area (Å²) in [6.45, 7) is 4.18. The molecule has 0 aromatic heterocycles. The lowest BCUT2D eigenvalue weighted by atomic mass is 10.0. The first-order valence-corrected chi connectivity index (χ1v) is 7.47. The van der Waals surface area contributed by atoms with Crippen LogP contribution >= 0.6 is 15.9 Å². The molecule has 3 nitrogen and oxygen atoms in total. The van der Waals surface area contributed by atoms with Crippen LogP contribution in [-0.4, -0.2) is 19.1 Å². The zero-order valence-electron chi connectivity index (χ0n) is 11.8. The molecule has 19 heavy (non-hydrogen) atoms. The van der Waals surface area contributed by atoms with E-state index in [9.17, 15) is 4.79 Å². The van der Waals surface area contributed by atoms with Crippen molar-refractivity contribution in [2.24, 2.45) is 0 Å². The second-order valence-corrected chi connectivity index (χ2v) is 5.58. The smallest absolute Gasteiger partial charge is 0.322 e. The Morgan fingerprint density at radius 1 is 1.47 bits per heavy atom. The molecule has 4 heteroatoms. The van der Waals surface area contributed by atoms with Gasteiger partial charge in [0.1, 0.15) is 6.04 Å². The molecule has 0 saturated carbocycles. The summed E-state index contributed by atoms with van der Waals surface area (Å²) >= 11 is 3.46. The molecule has 106 valence electrons. The number of benzene rings is 1. The highest BCUT2D eigenvalue weighted by atomic mass is 79.9. The van der Waals surface area contributed by atoms with Crippen molar-refractivity contribution in [3.05, 3.63) is 34.3 Å². The maximum Gasteiger partial charge on any atom is 0.322 e. The van der Waals surface area contributed by atoms with Crippen LogP contribution in [0.5, 0.6) is 0 Å². The normalized spacial score (nSPS) is 13.9. The van der Waals surface area contributed by atoms with E-state index in [1.54, 1.807) is 0 Å². The Morgan fingerprint density at radius 3 is 2.79 bits per heavy atom. The van der Waals surface area contributed by atoms with Gasteiger partial charge in [0.15, 0.2) is 0 Å². The molecule has 1 N–H and O–H groups in total. The summed E-state index contributed by atoms with van der Waals surface area (Å²) in [7, 11) is 1.44. The van der Waals surface area contributed by atoms with Crippen molar-refractivity contribution in [2.75, 3.05) is 7.11 Å². The zero-order chi connectivity index (χ0) is 14.3. The SMILES string of the molecule is CCCCC(N[C@H](C)c1cccc(Br)c1)C(=O)OC. The molecule has 0 fully saturated rings. The zero-order valence-corrected chi connectivity index (χ0v) is 13.4. The van der Waals surface area contributed by atoms with Gasteiger partial charge in [0.05, 0.1) is 7.11 Å². The number of carbonyl (C=O) groups is 1. The van der Waals surface area contributed by atoms with Gasteiger partial charge in [0, 0.05) is 10.5 Å². The van der Waals surface area contributed by atoms with Crippen LogP contribution < -0.4 is 5.32 Å². The molecule has 0 heterocycles. The standard InChI is InChI=1S/C15H22BrNO2/c1-4-5-9-14(15(18)19-3)17-11(2)12-7-6-8-13(16)10-12/h6-8,10-11,14,17H,4-5,9H2,1-3H3/t11-,14?/m1/s1. The number of halogens is 1. The quantitative estimate of drug-likeness (QED) is 0.773. The summed E-state index contributed by atoms with van der Waals surface area (Å²) in [6, 6.07) is 7.97. The number of ether oxygens (including phenoxy) is 1. The Labute approximate surface area is 123 Å². The van der Waals surface area contributed by atoms with E-state index in [-0.39, 0.29) is 18.1 Å². The highest BCUT2D eigenvalue weighted by Crippen LogP contribution is 2.19. The predicted molar refractivity (Wildman–Crippen MR) is 81.0 cm³/mol. The van der Waals surface area contributed by atoms with Crippen LogP contribution in [0.25, 0.3) is 0 Å². The van der Waals surface area contributed by atoms with E-state index in [1.165, 1.54) is 7.11 Å². The minimum atomic E-state index is -0.237. The van der Waals surface area contributed by atoms with Crippen LogP contribution in [0, 0.1) is 0 Å². The molecule has 0 spiro atoms. The minimum absolute atomic E-state index is 0.110. The average molecular weight is 328 g/mol. The maximum absolute atomic E-state index is 11.8. The van der Waals surface area contributed by atoms with Gasteiger partial charge in [-0.1, -0.05) is 47.8 Å². The van der Waals surface area contributed by atoms with E-state index in [2.05, 4.69) is 47.2 Å². The summed E-state index contributed by atoms with van der Waals surface area (Å²) in [6.07, 6.45) is 2.89. The highest BCUT2D eigenvalue weighted by Gasteiger charge is 2.21. The van der Waals surface area contributed by atoms with Crippen LogP contribution in [0.4, 0.5) is 0 Å². The fourth-order valence-electron chi connectivity index (χ4n) is 1.99. The molecule has 1 rings (SSSR count). The first kappa shape index (κ1) is 16.2. The van der Waals surface area contributed by atoms with Crippen molar-refractivity contribution in [2.45, 2.75) is 45.2 Å². The lowest BCUT2D eigenvalue weighted by molar-refractivity contribution is -0.143. The largest absolute Gasteiger partial charge is 0.468 e. The Hall–Kier alpha value is -0.870. The molecule has 0 saturated heterocycles. The number of methoxy groups -OCH3 is 1. The second kappa shape index (κ2) is 8.33. The van der Waals surface area contributed by atoms with Crippen molar-refractivity contribution in [3.8, 4) is 0 Å². The summed E-state index contributed by atoms with van der Waals surface area (Å²) in [5.74, 6) is -0.185. The monoisotopic (exact) mass is 327 g/mol. The third-order valence-corrected chi connectivity index (χ3v) is 3.63. The maximum atomic E-state index is 11.8. The predicted octanol–water partition coefficient (Wildman–Crippen LogP) is 3.83. The summed E-state index contributed by atoms with van der Waals surface area (Å²) in [4.78, 5) is 11.8. The number of esters is 1. The van der Waals surface area contributed by atoms with Gasteiger partial charge < -0.3 is 4.74 Å². The Kier molecular flexibility index (Phi) is 7.10. The van der Waals surface area contributed by atoms with E-state index >= 15 is 0 Å². The number of carbonyl (C=O) groups excluding carboxylic acids is 1. The summed E-state index contributed by atoms with van der Waals surface area (Å²) < 4.78 is 5.90. The minimum Gasteiger partial charge on any atom is -0.468 e. The summed E-state index contributed by atoms with van der Waals surface area (Å²) in [5.41, 5.74) is 1.15. The first-order valence-electron chi connectivity index (χ1n) is 6.67. The first-order chi connectivity index (χ1) is 9.08. The lowest BCUT2D eigenvalue weighted by Crippen LogP contribution is -2.39. The van der Waals surface area contributed by atoms with Crippen LogP contribution in [-0.2, 0) is 9.53 Å². The van der Waals surface area contributed by atoms with Crippen LogP contribution in [0.2, 0.25) is 0 Å². The number of hydrogen-bond donors (Lipinski definition) is 1. The molecule has 0 amide bonds. The van der Waals surface area contributed by atoms with Crippen LogP contribution in [0.3, 0.4) is 0 Å². The fourth-order valence-corrected chi connectivity index (χ4v) is 2.41.